The Labute approximate surface area is 273 Å². The van der Waals surface area contributed by atoms with Crippen molar-refractivity contribution in [2.45, 2.75) is 6.10 Å². The molecule has 0 amide bonds. The molecule has 7 rings (SSSR count). The number of pyridine rings is 2. The van der Waals surface area contributed by atoms with Gasteiger partial charge in [0.15, 0.2) is 0 Å². The van der Waals surface area contributed by atoms with E-state index in [9.17, 15) is 10.2 Å². The largest absolute Gasteiger partial charge is 0.508 e. The predicted octanol–water partition coefficient (Wildman–Crippen LogP) is 8.41. The molecule has 2 aromatic heterocycles. The molecule has 0 saturated carbocycles. The van der Waals surface area contributed by atoms with Crippen LogP contribution < -0.4 is 0 Å². The van der Waals surface area contributed by atoms with Gasteiger partial charge in [0.1, 0.15) is 11.9 Å². The number of aliphatic hydroxyl groups excluding tert-OH is 2. The molecule has 4 nitrogen and oxygen atoms in total. The van der Waals surface area contributed by atoms with Crippen LogP contribution in [-0.4, -0.2) is 20.2 Å². The summed E-state index contributed by atoms with van der Waals surface area (Å²) < 4.78 is 0. The van der Waals surface area contributed by atoms with E-state index in [2.05, 4.69) is 34.2 Å². The summed E-state index contributed by atoms with van der Waals surface area (Å²) in [5.74, 6) is 0.0754. The molecule has 1 unspecified atom stereocenters. The Kier molecular flexibility index (Phi) is 8.98. The summed E-state index contributed by atoms with van der Waals surface area (Å²) in [6.45, 7) is 0. The van der Waals surface area contributed by atoms with Gasteiger partial charge in [-0.1, -0.05) is 97.1 Å². The van der Waals surface area contributed by atoms with E-state index >= 15 is 0 Å². The zero-order chi connectivity index (χ0) is 26.6. The second-order valence-corrected chi connectivity index (χ2v) is 9.38. The molecular weight excluding hydrogens is 632 g/mol. The van der Waals surface area contributed by atoms with Crippen molar-refractivity contribution in [2.75, 3.05) is 0 Å². The maximum atomic E-state index is 10.5. The van der Waals surface area contributed by atoms with Gasteiger partial charge in [-0.3, -0.25) is 9.97 Å². The SMILES string of the molecule is O/C(=C\C(O)c1ccc2ccccc2c1)c1ccc2ccccc2c1.[Eu].c1cnc2c(c1)ccc1cccnc12. The Bertz CT molecular complexity index is 1910. The molecule has 0 aliphatic rings. The van der Waals surface area contributed by atoms with E-state index in [-0.39, 0.29) is 55.1 Å². The van der Waals surface area contributed by atoms with E-state index in [1.165, 1.54) is 6.08 Å². The quantitative estimate of drug-likeness (QED) is 0.148. The third-order valence-electron chi connectivity index (χ3n) is 6.82. The smallest absolute Gasteiger partial charge is 0.121 e. The topological polar surface area (TPSA) is 66.2 Å². The maximum Gasteiger partial charge on any atom is 0.121 e. The molecule has 5 aromatic carbocycles. The monoisotopic (exact) mass is 659 g/mol. The van der Waals surface area contributed by atoms with Crippen LogP contribution >= 0.6 is 0 Å². The van der Waals surface area contributed by atoms with Crippen molar-refractivity contribution in [2.24, 2.45) is 0 Å². The van der Waals surface area contributed by atoms with Gasteiger partial charge in [0.25, 0.3) is 0 Å². The molecule has 1 atom stereocenters. The average molecular weight is 659 g/mol. The summed E-state index contributed by atoms with van der Waals surface area (Å²) in [5, 5.41) is 27.6. The molecule has 5 heteroatoms. The Morgan fingerprint density at radius 2 is 1.02 bits per heavy atom. The minimum absolute atomic E-state index is 0. The normalized spacial score (nSPS) is 12.1. The molecule has 0 spiro atoms. The first-order valence-electron chi connectivity index (χ1n) is 12.8. The number of benzene rings is 5. The van der Waals surface area contributed by atoms with Gasteiger partial charge in [0.2, 0.25) is 0 Å². The molecule has 0 aliphatic heterocycles. The van der Waals surface area contributed by atoms with Crippen LogP contribution in [0.3, 0.4) is 0 Å². The molecule has 0 aliphatic carbocycles. The van der Waals surface area contributed by atoms with Crippen LogP contribution in [0.4, 0.5) is 0 Å². The number of aliphatic hydroxyl groups is 2. The molecule has 2 N–H and O–H groups in total. The van der Waals surface area contributed by atoms with Crippen molar-refractivity contribution < 1.29 is 59.6 Å². The number of hydrogen-bond acceptors (Lipinski definition) is 4. The first-order chi connectivity index (χ1) is 19.2. The van der Waals surface area contributed by atoms with E-state index in [0.29, 0.717) is 5.56 Å². The summed E-state index contributed by atoms with van der Waals surface area (Å²) in [4.78, 5) is 8.69. The van der Waals surface area contributed by atoms with Crippen LogP contribution in [0.15, 0.2) is 140 Å². The fourth-order valence-electron chi connectivity index (χ4n) is 4.76. The van der Waals surface area contributed by atoms with E-state index < -0.39 is 6.10 Å². The van der Waals surface area contributed by atoms with Crippen LogP contribution in [0.2, 0.25) is 0 Å². The van der Waals surface area contributed by atoms with E-state index in [0.717, 1.165) is 48.9 Å². The Hall–Kier alpha value is -3.48. The van der Waals surface area contributed by atoms with Gasteiger partial charge in [-0.05, 0) is 57.4 Å². The number of fused-ring (bicyclic) bond motifs is 5. The summed E-state index contributed by atoms with van der Waals surface area (Å²) >= 11 is 0. The van der Waals surface area contributed by atoms with E-state index in [4.69, 9.17) is 0 Å². The summed E-state index contributed by atoms with van der Waals surface area (Å²) in [6.07, 6.45) is 4.22. The summed E-state index contributed by atoms with van der Waals surface area (Å²) in [7, 11) is 0. The van der Waals surface area contributed by atoms with Crippen molar-refractivity contribution in [3.8, 4) is 0 Å². The van der Waals surface area contributed by atoms with Crippen molar-refractivity contribution in [3.05, 3.63) is 151 Å². The second kappa shape index (κ2) is 12.8. The molecule has 1 radical (unpaired) electrons. The van der Waals surface area contributed by atoms with E-state index in [1.807, 2.05) is 97.1 Å². The van der Waals surface area contributed by atoms with Crippen molar-refractivity contribution in [1.82, 2.24) is 9.97 Å². The predicted molar refractivity (Wildman–Crippen MR) is 161 cm³/mol. The second-order valence-electron chi connectivity index (χ2n) is 9.38. The Balaban J connectivity index is 0.000000182. The zero-order valence-corrected chi connectivity index (χ0v) is 23.9. The minimum atomic E-state index is -0.865. The maximum absolute atomic E-state index is 10.5. The van der Waals surface area contributed by atoms with Gasteiger partial charge in [0.05, 0.1) is 11.0 Å². The number of rotatable bonds is 3. The van der Waals surface area contributed by atoms with Crippen molar-refractivity contribution in [3.63, 3.8) is 0 Å². The third-order valence-corrected chi connectivity index (χ3v) is 6.82. The molecular formula is C35H26EuN2O2. The average Bonchev–Trinajstić information content (AvgIpc) is 3.00. The van der Waals surface area contributed by atoms with Crippen molar-refractivity contribution in [1.29, 1.82) is 0 Å². The van der Waals surface area contributed by atoms with Gasteiger partial charge >= 0.3 is 0 Å². The number of nitrogens with zero attached hydrogens (tertiary/aromatic N) is 2. The summed E-state index contributed by atoms with van der Waals surface area (Å²) in [6, 6.07) is 39.7. The number of aromatic nitrogens is 2. The number of hydrogen-bond donors (Lipinski definition) is 2. The van der Waals surface area contributed by atoms with Crippen LogP contribution in [0.5, 0.6) is 0 Å². The minimum Gasteiger partial charge on any atom is -0.508 e. The first kappa shape index (κ1) is 28.1. The first-order valence-corrected chi connectivity index (χ1v) is 12.8. The van der Waals surface area contributed by atoms with Gasteiger partial charge in [0, 0.05) is 78.1 Å². The summed E-state index contributed by atoms with van der Waals surface area (Å²) in [5.41, 5.74) is 3.40. The molecule has 2 heterocycles. The fraction of sp³-hybridized carbons (Fsp3) is 0.0286. The van der Waals surface area contributed by atoms with Gasteiger partial charge in [-0.15, -0.1) is 0 Å². The Morgan fingerprint density at radius 1 is 0.550 bits per heavy atom. The Morgan fingerprint density at radius 3 is 1.62 bits per heavy atom. The fourth-order valence-corrected chi connectivity index (χ4v) is 4.76. The standard InChI is InChI=1S/C23H18O2.C12H8N2.Eu/c24-22(20-11-9-16-5-1-3-7-18(16)13-20)15-23(25)21-12-10-17-6-2-4-8-19(17)14-21;1-3-9-5-6-10-4-2-8-14-12(10)11(9)13-7-1;/h1-15,22,24-25H;1-8H;/b23-15-;;. The van der Waals surface area contributed by atoms with Crippen LogP contribution in [0, 0.1) is 49.4 Å². The van der Waals surface area contributed by atoms with Crippen LogP contribution in [0.25, 0.3) is 49.1 Å². The molecule has 7 aromatic rings. The molecule has 195 valence electrons. The van der Waals surface area contributed by atoms with E-state index in [1.54, 1.807) is 12.4 Å². The molecule has 0 saturated heterocycles. The molecule has 0 bridgehead atoms. The van der Waals surface area contributed by atoms with Crippen molar-refractivity contribution >= 4 is 49.1 Å². The zero-order valence-electron chi connectivity index (χ0n) is 21.5. The van der Waals surface area contributed by atoms with Gasteiger partial charge in [-0.25, -0.2) is 0 Å². The van der Waals surface area contributed by atoms with Gasteiger partial charge in [-0.2, -0.15) is 0 Å². The van der Waals surface area contributed by atoms with Gasteiger partial charge < -0.3 is 10.2 Å². The molecule has 0 fully saturated rings. The van der Waals surface area contributed by atoms with Crippen LogP contribution in [-0.2, 0) is 0 Å². The van der Waals surface area contributed by atoms with Crippen LogP contribution in [0.1, 0.15) is 17.2 Å². The third kappa shape index (κ3) is 6.14. The molecule has 40 heavy (non-hydrogen) atoms.